The third kappa shape index (κ3) is 7.67. The van der Waals surface area contributed by atoms with E-state index in [1.165, 1.54) is 11.1 Å². The average Bonchev–Trinajstić information content (AvgIpc) is 2.62. The molecule has 0 aromatic heterocycles. The van der Waals surface area contributed by atoms with Gasteiger partial charge in [0.15, 0.2) is 0 Å². The Kier molecular flexibility index (Phi) is 8.78. The van der Waals surface area contributed by atoms with Crippen LogP contribution in [0.25, 0.3) is 0 Å². The van der Waals surface area contributed by atoms with Gasteiger partial charge < -0.3 is 0 Å². The first kappa shape index (κ1) is 32.5. The summed E-state index contributed by atoms with van der Waals surface area (Å²) in [5.74, 6) is 0. The monoisotopic (exact) mass is 610 g/mol. The van der Waals surface area contributed by atoms with Crippen molar-refractivity contribution in [1.29, 1.82) is 0 Å². The molecule has 0 amide bonds. The molecule has 2 aromatic rings. The molecule has 0 saturated heterocycles. The normalized spacial score (nSPS) is 14.3. The standard InChI is InChI=1S/2C18H29.Sn/c2*1-16(2,3)13-10-14(17(4,5)6)12-15(11-13)18(7,8)9;/h2*10-11H,1-9H3;. The zero-order valence-electron chi connectivity index (χ0n) is 27.8. The Morgan fingerprint density at radius 3 is 0.649 bits per heavy atom. The topological polar surface area (TPSA) is 0 Å². The fourth-order valence-electron chi connectivity index (χ4n) is 4.91. The van der Waals surface area contributed by atoms with Crippen molar-refractivity contribution in [3.63, 3.8) is 0 Å². The second kappa shape index (κ2) is 10.0. The van der Waals surface area contributed by atoms with Crippen LogP contribution in [0.3, 0.4) is 0 Å². The van der Waals surface area contributed by atoms with Crippen molar-refractivity contribution in [3.05, 3.63) is 57.6 Å². The molecule has 0 saturated carbocycles. The number of hydrogen-bond donors (Lipinski definition) is 0. The minimum atomic E-state index is -1.18. The second-order valence-corrected chi connectivity index (χ2v) is 21.1. The Morgan fingerprint density at radius 2 is 0.514 bits per heavy atom. The quantitative estimate of drug-likeness (QED) is 0.298. The van der Waals surface area contributed by atoms with Crippen LogP contribution in [0.15, 0.2) is 24.3 Å². The van der Waals surface area contributed by atoms with Crippen LogP contribution in [-0.4, -0.2) is 21.1 Å². The molecule has 0 spiro atoms. The average molecular weight is 610 g/mol. The first-order chi connectivity index (χ1) is 16.1. The van der Waals surface area contributed by atoms with E-state index in [1.54, 1.807) is 29.4 Å². The summed E-state index contributed by atoms with van der Waals surface area (Å²) < 4.78 is 3.41. The van der Waals surface area contributed by atoms with Crippen molar-refractivity contribution in [2.75, 3.05) is 0 Å². The van der Waals surface area contributed by atoms with Crippen molar-refractivity contribution in [1.82, 2.24) is 0 Å². The first-order valence-electron chi connectivity index (χ1n) is 14.3. The van der Waals surface area contributed by atoms with Gasteiger partial charge in [-0.25, -0.2) is 0 Å². The molecule has 2 radical (unpaired) electrons. The van der Waals surface area contributed by atoms with Crippen molar-refractivity contribution in [2.45, 2.75) is 157 Å². The van der Waals surface area contributed by atoms with Crippen LogP contribution in [0.5, 0.6) is 0 Å². The molecule has 0 heterocycles. The Morgan fingerprint density at radius 1 is 0.324 bits per heavy atom. The summed E-state index contributed by atoms with van der Waals surface area (Å²) in [5, 5.41) is 0. The summed E-state index contributed by atoms with van der Waals surface area (Å²) in [7, 11) is 0. The van der Waals surface area contributed by atoms with Crippen molar-refractivity contribution >= 4 is 28.3 Å². The van der Waals surface area contributed by atoms with Gasteiger partial charge in [-0.2, -0.15) is 0 Å². The van der Waals surface area contributed by atoms with Gasteiger partial charge in [-0.1, -0.05) is 0 Å². The SMILES string of the molecule is CC(C)(C)c1cc(C(C)(C)C)[c]([Sn][c]2c(C(C)(C)C)cc(C(C)(C)C)cc2C(C)(C)C)c(C(C)(C)C)c1. The molecule has 37 heavy (non-hydrogen) atoms. The molecular formula is C36H58Sn. The van der Waals surface area contributed by atoms with Crippen LogP contribution in [0, 0.1) is 0 Å². The van der Waals surface area contributed by atoms with Crippen LogP contribution < -0.4 is 7.16 Å². The predicted octanol–water partition coefficient (Wildman–Crippen LogP) is 9.13. The van der Waals surface area contributed by atoms with Crippen molar-refractivity contribution < 1.29 is 0 Å². The molecule has 0 unspecified atom stereocenters. The predicted molar refractivity (Wildman–Crippen MR) is 170 cm³/mol. The summed E-state index contributed by atoms with van der Waals surface area (Å²) in [5.41, 5.74) is 9.94. The number of benzene rings is 2. The molecule has 0 bridgehead atoms. The van der Waals surface area contributed by atoms with E-state index < -0.39 is 21.1 Å². The van der Waals surface area contributed by atoms with E-state index in [0.717, 1.165) is 0 Å². The van der Waals surface area contributed by atoms with Crippen LogP contribution in [0.4, 0.5) is 0 Å². The van der Waals surface area contributed by atoms with E-state index in [2.05, 4.69) is 149 Å². The van der Waals surface area contributed by atoms with Gasteiger partial charge in [0.1, 0.15) is 0 Å². The summed E-state index contributed by atoms with van der Waals surface area (Å²) in [6, 6.07) is 10.3. The van der Waals surface area contributed by atoms with Gasteiger partial charge in [-0.15, -0.1) is 0 Å². The van der Waals surface area contributed by atoms with Gasteiger partial charge in [-0.05, 0) is 0 Å². The van der Waals surface area contributed by atoms with Gasteiger partial charge in [0.2, 0.25) is 0 Å². The maximum atomic E-state index is 2.57. The third-order valence-electron chi connectivity index (χ3n) is 7.49. The summed E-state index contributed by atoms with van der Waals surface area (Å²) in [4.78, 5) is 0. The summed E-state index contributed by atoms with van der Waals surface area (Å²) in [6.45, 7) is 43.2. The first-order valence-corrected chi connectivity index (χ1v) is 17.2. The molecule has 0 nitrogen and oxygen atoms in total. The molecule has 0 N–H and O–H groups in total. The van der Waals surface area contributed by atoms with E-state index in [0.29, 0.717) is 0 Å². The summed E-state index contributed by atoms with van der Waals surface area (Å²) >= 11 is -1.18. The zero-order valence-corrected chi connectivity index (χ0v) is 30.7. The van der Waals surface area contributed by atoms with E-state index >= 15 is 0 Å². The fourth-order valence-corrected chi connectivity index (χ4v) is 12.3. The van der Waals surface area contributed by atoms with Gasteiger partial charge in [-0.3, -0.25) is 0 Å². The third-order valence-corrected chi connectivity index (χ3v) is 12.0. The molecule has 2 aromatic carbocycles. The molecule has 0 aliphatic rings. The molecule has 206 valence electrons. The maximum absolute atomic E-state index is 2.57. The Hall–Kier alpha value is -0.761. The molecule has 2 rings (SSSR count). The Bertz CT molecular complexity index is 957. The Labute approximate surface area is 242 Å². The van der Waals surface area contributed by atoms with Crippen molar-refractivity contribution in [3.8, 4) is 0 Å². The van der Waals surface area contributed by atoms with E-state index in [-0.39, 0.29) is 32.5 Å². The van der Waals surface area contributed by atoms with Crippen LogP contribution in [0.2, 0.25) is 0 Å². The molecule has 0 atom stereocenters. The molecule has 1 heteroatoms. The minimum absolute atomic E-state index is 0.104. The van der Waals surface area contributed by atoms with Gasteiger partial charge in [0, 0.05) is 0 Å². The van der Waals surface area contributed by atoms with E-state index in [9.17, 15) is 0 Å². The number of rotatable bonds is 2. The zero-order chi connectivity index (χ0) is 29.2. The van der Waals surface area contributed by atoms with E-state index in [4.69, 9.17) is 0 Å². The van der Waals surface area contributed by atoms with Crippen LogP contribution in [-0.2, 0) is 32.5 Å². The summed E-state index contributed by atoms with van der Waals surface area (Å²) in [6.07, 6.45) is 0. The fraction of sp³-hybridized carbons (Fsp3) is 0.667. The second-order valence-electron chi connectivity index (χ2n) is 17.5. The molecule has 0 aliphatic carbocycles. The molecular weight excluding hydrogens is 551 g/mol. The molecule has 0 aliphatic heterocycles. The number of hydrogen-bond acceptors (Lipinski definition) is 0. The van der Waals surface area contributed by atoms with Gasteiger partial charge >= 0.3 is 243 Å². The van der Waals surface area contributed by atoms with Crippen molar-refractivity contribution in [2.24, 2.45) is 0 Å². The van der Waals surface area contributed by atoms with Gasteiger partial charge in [0.25, 0.3) is 0 Å². The molecule has 0 fully saturated rings. The van der Waals surface area contributed by atoms with Gasteiger partial charge in [0.05, 0.1) is 0 Å². The Balaban J connectivity index is 3.12. The van der Waals surface area contributed by atoms with Crippen LogP contribution >= 0.6 is 0 Å². The van der Waals surface area contributed by atoms with E-state index in [1.807, 2.05) is 0 Å². The van der Waals surface area contributed by atoms with Crippen LogP contribution in [0.1, 0.15) is 158 Å².